The fourth-order valence-electron chi connectivity index (χ4n) is 7.12. The molecule has 6 aromatic rings. The fourth-order valence-corrected chi connectivity index (χ4v) is 7.12. The van der Waals surface area contributed by atoms with Crippen molar-refractivity contribution in [3.8, 4) is 34.5 Å². The Bertz CT molecular complexity index is 1900. The Morgan fingerprint density at radius 3 is 0.654 bits per heavy atom. The van der Waals surface area contributed by atoms with Gasteiger partial charge in [0.15, 0.2) is 0 Å². The number of hydrogen-bond acceptors (Lipinski definition) is 6. The van der Waals surface area contributed by atoms with Crippen molar-refractivity contribution >= 4 is 0 Å². The second kappa shape index (κ2) is 14.4. The molecule has 0 atom stereocenters. The van der Waals surface area contributed by atoms with Crippen LogP contribution in [0.3, 0.4) is 0 Å². The first-order valence-corrected chi connectivity index (χ1v) is 17.3. The Labute approximate surface area is 306 Å². The molecule has 0 spiro atoms. The van der Waals surface area contributed by atoms with Crippen LogP contribution in [-0.4, -0.2) is 30.6 Å². The van der Waals surface area contributed by atoms with E-state index in [1.165, 1.54) is 0 Å². The van der Waals surface area contributed by atoms with Gasteiger partial charge in [0, 0.05) is 10.8 Å². The van der Waals surface area contributed by atoms with Crippen molar-refractivity contribution in [2.24, 2.45) is 0 Å². The third kappa shape index (κ3) is 7.02. The van der Waals surface area contributed by atoms with Crippen LogP contribution in [0, 0.1) is 41.5 Å². The first kappa shape index (κ1) is 37.4. The van der Waals surface area contributed by atoms with Crippen LogP contribution in [0.4, 0.5) is 0 Å². The van der Waals surface area contributed by atoms with Crippen molar-refractivity contribution in [3.05, 3.63) is 176 Å². The highest BCUT2D eigenvalue weighted by Gasteiger charge is 2.34. The van der Waals surface area contributed by atoms with E-state index in [0.29, 0.717) is 17.2 Å². The number of benzene rings is 6. The van der Waals surface area contributed by atoms with Gasteiger partial charge in [0.1, 0.15) is 34.5 Å². The molecular weight excluding hydrogens is 649 g/mol. The molecule has 0 saturated heterocycles. The van der Waals surface area contributed by atoms with Gasteiger partial charge >= 0.3 is 0 Å². The zero-order chi connectivity index (χ0) is 38.1. The predicted octanol–water partition coefficient (Wildman–Crippen LogP) is 10.2. The van der Waals surface area contributed by atoms with Gasteiger partial charge in [-0.1, -0.05) is 72.8 Å². The lowest BCUT2D eigenvalue weighted by Crippen LogP contribution is -2.26. The molecule has 0 amide bonds. The van der Waals surface area contributed by atoms with Crippen LogP contribution < -0.4 is 0 Å². The third-order valence-electron chi connectivity index (χ3n) is 10.5. The lowest BCUT2D eigenvalue weighted by Gasteiger charge is -2.34. The highest BCUT2D eigenvalue weighted by Crippen LogP contribution is 2.45. The molecule has 0 aliphatic carbocycles. The second-order valence-corrected chi connectivity index (χ2v) is 14.3. The Kier molecular flexibility index (Phi) is 10.3. The van der Waals surface area contributed by atoms with Gasteiger partial charge in [-0.2, -0.15) is 0 Å². The molecule has 0 unspecified atom stereocenters. The Balaban J connectivity index is 0.000000206. The molecule has 6 aromatic carbocycles. The van der Waals surface area contributed by atoms with Gasteiger partial charge in [0.25, 0.3) is 0 Å². The fraction of sp³-hybridized carbons (Fsp3) is 0.217. The van der Waals surface area contributed by atoms with Crippen molar-refractivity contribution in [3.63, 3.8) is 0 Å². The van der Waals surface area contributed by atoms with Crippen LogP contribution in [-0.2, 0) is 10.8 Å². The summed E-state index contributed by atoms with van der Waals surface area (Å²) in [6, 6.07) is 33.4. The lowest BCUT2D eigenvalue weighted by molar-refractivity contribution is 0.464. The van der Waals surface area contributed by atoms with Crippen molar-refractivity contribution in [2.45, 2.75) is 66.2 Å². The molecular formula is C46H48O6. The summed E-state index contributed by atoms with van der Waals surface area (Å²) in [7, 11) is 0. The summed E-state index contributed by atoms with van der Waals surface area (Å²) >= 11 is 0. The molecule has 0 radical (unpaired) electrons. The maximum Gasteiger partial charge on any atom is 0.121 e. The second-order valence-electron chi connectivity index (χ2n) is 14.3. The van der Waals surface area contributed by atoms with Crippen molar-refractivity contribution in [1.82, 2.24) is 0 Å². The SMILES string of the molecule is CC(c1ccc(O)cc1)(c1ccc(O)cc1)c1ccc(O)cc1.Cc1cc(C(C)(c2cc(C)c(O)c(C)c2)c2cc(C)c(O)c(C)c2)cc(C)c1O. The van der Waals surface area contributed by atoms with Crippen LogP contribution in [0.25, 0.3) is 0 Å². The Morgan fingerprint density at radius 2 is 0.462 bits per heavy atom. The minimum absolute atomic E-state index is 0.215. The summed E-state index contributed by atoms with van der Waals surface area (Å²) in [4.78, 5) is 0. The van der Waals surface area contributed by atoms with Gasteiger partial charge in [-0.3, -0.25) is 0 Å². The van der Waals surface area contributed by atoms with Gasteiger partial charge in [-0.05, 0) is 159 Å². The third-order valence-corrected chi connectivity index (χ3v) is 10.5. The summed E-state index contributed by atoms with van der Waals surface area (Å²) < 4.78 is 0. The van der Waals surface area contributed by atoms with Crippen molar-refractivity contribution < 1.29 is 30.6 Å². The minimum Gasteiger partial charge on any atom is -0.508 e. The van der Waals surface area contributed by atoms with Gasteiger partial charge in [0.2, 0.25) is 0 Å². The van der Waals surface area contributed by atoms with Crippen LogP contribution in [0.2, 0.25) is 0 Å². The number of phenolic OH excluding ortho intramolecular Hbond substituents is 6. The highest BCUT2D eigenvalue weighted by molar-refractivity contribution is 5.59. The maximum atomic E-state index is 10.3. The number of aryl methyl sites for hydroxylation is 6. The highest BCUT2D eigenvalue weighted by atomic mass is 16.3. The molecule has 0 bridgehead atoms. The number of rotatable bonds is 6. The zero-order valence-electron chi connectivity index (χ0n) is 31.1. The molecule has 0 aliphatic heterocycles. The number of aromatic hydroxyl groups is 6. The quantitative estimate of drug-likeness (QED) is 0.0965. The van der Waals surface area contributed by atoms with Crippen LogP contribution in [0.5, 0.6) is 34.5 Å². The van der Waals surface area contributed by atoms with E-state index in [4.69, 9.17) is 0 Å². The average molecular weight is 697 g/mol. The minimum atomic E-state index is -0.532. The van der Waals surface area contributed by atoms with E-state index in [-0.39, 0.29) is 17.2 Å². The van der Waals surface area contributed by atoms with Gasteiger partial charge in [-0.25, -0.2) is 0 Å². The summed E-state index contributed by atoms with van der Waals surface area (Å²) in [5, 5.41) is 59.7. The van der Waals surface area contributed by atoms with Crippen LogP contribution in [0.15, 0.2) is 109 Å². The normalized spacial score (nSPS) is 11.5. The molecule has 6 rings (SSSR count). The van der Waals surface area contributed by atoms with E-state index >= 15 is 0 Å². The van der Waals surface area contributed by atoms with Crippen molar-refractivity contribution in [2.75, 3.05) is 0 Å². The van der Waals surface area contributed by atoms with E-state index in [2.05, 4.69) is 13.8 Å². The van der Waals surface area contributed by atoms with Gasteiger partial charge < -0.3 is 30.6 Å². The average Bonchev–Trinajstić information content (AvgIpc) is 3.11. The van der Waals surface area contributed by atoms with Crippen LogP contribution in [0.1, 0.15) is 80.6 Å². The molecule has 52 heavy (non-hydrogen) atoms. The topological polar surface area (TPSA) is 121 Å². The standard InChI is InChI=1S/C26H30O3.C20H18O3/c1-14-8-20(9-15(2)23(14)27)26(7,21-10-16(3)24(28)17(4)11-21)22-12-18(5)25(29)19(6)13-22;1-20(14-2-8-17(21)9-3-14,15-4-10-18(22)11-5-15)16-6-12-19(23)13-7-16/h8-13,27-29H,1-7H3;2-13,21-23H,1H3. The summed E-state index contributed by atoms with van der Waals surface area (Å²) in [5.41, 5.74) is 10.1. The number of hydrogen-bond donors (Lipinski definition) is 6. The van der Waals surface area contributed by atoms with Crippen molar-refractivity contribution in [1.29, 1.82) is 0 Å². The van der Waals surface area contributed by atoms with E-state index in [0.717, 1.165) is 66.8 Å². The maximum absolute atomic E-state index is 10.3. The molecule has 6 N–H and O–H groups in total. The molecule has 268 valence electrons. The van der Waals surface area contributed by atoms with Gasteiger partial charge in [-0.15, -0.1) is 0 Å². The molecule has 0 aromatic heterocycles. The molecule has 0 saturated carbocycles. The van der Waals surface area contributed by atoms with E-state index < -0.39 is 10.8 Å². The largest absolute Gasteiger partial charge is 0.508 e. The molecule has 0 aliphatic rings. The van der Waals surface area contributed by atoms with E-state index in [1.807, 2.05) is 114 Å². The molecule has 6 nitrogen and oxygen atoms in total. The van der Waals surface area contributed by atoms with E-state index in [9.17, 15) is 30.6 Å². The first-order valence-electron chi connectivity index (χ1n) is 17.3. The number of phenols is 6. The first-order chi connectivity index (χ1) is 24.5. The summed E-state index contributed by atoms with van der Waals surface area (Å²) in [5.74, 6) is 1.58. The summed E-state index contributed by atoms with van der Waals surface area (Å²) in [6.07, 6.45) is 0. The van der Waals surface area contributed by atoms with E-state index in [1.54, 1.807) is 36.4 Å². The Morgan fingerprint density at radius 1 is 0.288 bits per heavy atom. The molecule has 0 fully saturated rings. The summed E-state index contributed by atoms with van der Waals surface area (Å²) in [6.45, 7) is 15.7. The predicted molar refractivity (Wildman–Crippen MR) is 208 cm³/mol. The molecule has 6 heteroatoms. The van der Waals surface area contributed by atoms with Crippen LogP contribution >= 0.6 is 0 Å². The monoisotopic (exact) mass is 696 g/mol. The zero-order valence-corrected chi connectivity index (χ0v) is 31.1. The van der Waals surface area contributed by atoms with Gasteiger partial charge in [0.05, 0.1) is 0 Å². The Hall–Kier alpha value is -5.88. The smallest absolute Gasteiger partial charge is 0.121 e. The lowest BCUT2D eigenvalue weighted by atomic mass is 9.69. The molecule has 0 heterocycles.